The topological polar surface area (TPSA) is 47.6 Å². The van der Waals surface area contributed by atoms with Crippen molar-refractivity contribution in [2.45, 2.75) is 25.7 Å². The quantitative estimate of drug-likeness (QED) is 0.692. The largest absolute Gasteiger partial charge is 0.497 e. The van der Waals surface area contributed by atoms with Crippen LogP contribution in [0.2, 0.25) is 0 Å². The van der Waals surface area contributed by atoms with E-state index in [-0.39, 0.29) is 5.91 Å². The highest BCUT2D eigenvalue weighted by molar-refractivity contribution is 7.98. The molecule has 1 N–H and O–H groups in total. The van der Waals surface area contributed by atoms with Gasteiger partial charge in [0.25, 0.3) is 5.91 Å². The van der Waals surface area contributed by atoms with Crippen LogP contribution in [0.4, 0.5) is 0 Å². The van der Waals surface area contributed by atoms with Gasteiger partial charge in [-0.25, -0.2) is 0 Å². The average Bonchev–Trinajstić information content (AvgIpc) is 2.62. The Kier molecular flexibility index (Phi) is 7.67. The molecule has 0 heterocycles. The lowest BCUT2D eigenvalue weighted by molar-refractivity contribution is -0.127. The number of aryl methyl sites for hydroxylation is 1. The molecule has 0 saturated carbocycles. The van der Waals surface area contributed by atoms with Gasteiger partial charge in [0.1, 0.15) is 11.5 Å². The third-order valence-electron chi connectivity index (χ3n) is 3.64. The molecule has 2 aromatic rings. The van der Waals surface area contributed by atoms with E-state index in [0.29, 0.717) is 12.3 Å². The van der Waals surface area contributed by atoms with Gasteiger partial charge in [0.2, 0.25) is 0 Å². The van der Waals surface area contributed by atoms with Gasteiger partial charge in [-0.05, 0) is 43.7 Å². The third-order valence-corrected chi connectivity index (χ3v) is 4.67. The van der Waals surface area contributed by atoms with Crippen LogP contribution in [-0.4, -0.2) is 31.4 Å². The fourth-order valence-corrected chi connectivity index (χ4v) is 3.10. The van der Waals surface area contributed by atoms with Gasteiger partial charge in [0.15, 0.2) is 6.10 Å². The fourth-order valence-electron chi connectivity index (χ4n) is 2.29. The Balaban J connectivity index is 1.65. The number of benzene rings is 2. The summed E-state index contributed by atoms with van der Waals surface area (Å²) in [5.41, 5.74) is 2.59. The zero-order valence-electron chi connectivity index (χ0n) is 15.0. The van der Waals surface area contributed by atoms with E-state index in [1.54, 1.807) is 26.2 Å². The lowest BCUT2D eigenvalue weighted by Crippen LogP contribution is -2.37. The second-order valence-electron chi connectivity index (χ2n) is 5.77. The predicted molar refractivity (Wildman–Crippen MR) is 103 cm³/mol. The first-order valence-corrected chi connectivity index (χ1v) is 9.45. The number of carbonyl (C=O) groups is 1. The summed E-state index contributed by atoms with van der Waals surface area (Å²) in [6.07, 6.45) is -0.532. The molecule has 0 fully saturated rings. The van der Waals surface area contributed by atoms with Gasteiger partial charge < -0.3 is 14.8 Å². The Labute approximate surface area is 153 Å². The SMILES string of the molecule is COc1ccc(O[C@@H](C)C(=O)NCCSCc2cccc(C)c2)cc1. The molecular weight excluding hydrogens is 334 g/mol. The van der Waals surface area contributed by atoms with Crippen molar-refractivity contribution in [1.29, 1.82) is 0 Å². The van der Waals surface area contributed by atoms with Crippen LogP contribution in [0.3, 0.4) is 0 Å². The molecule has 0 aliphatic rings. The van der Waals surface area contributed by atoms with E-state index in [0.717, 1.165) is 17.3 Å². The second kappa shape index (κ2) is 9.99. The molecule has 1 amide bonds. The number of carbonyl (C=O) groups excluding carboxylic acids is 1. The second-order valence-corrected chi connectivity index (χ2v) is 6.87. The molecule has 0 aromatic heterocycles. The van der Waals surface area contributed by atoms with E-state index in [1.165, 1.54) is 11.1 Å². The highest BCUT2D eigenvalue weighted by Gasteiger charge is 2.13. The van der Waals surface area contributed by atoms with Gasteiger partial charge in [-0.2, -0.15) is 11.8 Å². The molecule has 2 aromatic carbocycles. The molecule has 0 radical (unpaired) electrons. The van der Waals surface area contributed by atoms with Gasteiger partial charge in [0, 0.05) is 18.1 Å². The Hall–Kier alpha value is -2.14. The van der Waals surface area contributed by atoms with Crippen LogP contribution in [0.1, 0.15) is 18.1 Å². The van der Waals surface area contributed by atoms with Crippen molar-refractivity contribution < 1.29 is 14.3 Å². The molecule has 25 heavy (non-hydrogen) atoms. The summed E-state index contributed by atoms with van der Waals surface area (Å²) >= 11 is 1.81. The molecule has 2 rings (SSSR count). The summed E-state index contributed by atoms with van der Waals surface area (Å²) < 4.78 is 10.7. The smallest absolute Gasteiger partial charge is 0.260 e. The van der Waals surface area contributed by atoms with Crippen molar-refractivity contribution in [3.05, 3.63) is 59.7 Å². The molecule has 0 saturated heterocycles. The Bertz CT molecular complexity index is 673. The third kappa shape index (κ3) is 6.70. The van der Waals surface area contributed by atoms with E-state index in [9.17, 15) is 4.79 Å². The summed E-state index contributed by atoms with van der Waals surface area (Å²) in [5.74, 6) is 3.13. The lowest BCUT2D eigenvalue weighted by atomic mass is 10.2. The summed E-state index contributed by atoms with van der Waals surface area (Å²) in [7, 11) is 1.61. The highest BCUT2D eigenvalue weighted by Crippen LogP contribution is 2.18. The fraction of sp³-hybridized carbons (Fsp3) is 0.350. The van der Waals surface area contributed by atoms with Crippen LogP contribution in [-0.2, 0) is 10.5 Å². The molecular formula is C20H25NO3S. The number of ether oxygens (including phenoxy) is 2. The summed E-state index contributed by atoms with van der Waals surface area (Å²) in [5, 5.41) is 2.91. The highest BCUT2D eigenvalue weighted by atomic mass is 32.2. The average molecular weight is 359 g/mol. The molecule has 1 atom stereocenters. The summed E-state index contributed by atoms with van der Waals surface area (Å²) in [4.78, 5) is 12.1. The van der Waals surface area contributed by atoms with Crippen molar-refractivity contribution in [3.63, 3.8) is 0 Å². The van der Waals surface area contributed by atoms with Crippen molar-refractivity contribution in [1.82, 2.24) is 5.32 Å². The number of rotatable bonds is 9. The summed E-state index contributed by atoms with van der Waals surface area (Å²) in [6, 6.07) is 15.7. The molecule has 4 nitrogen and oxygen atoms in total. The molecule has 0 unspecified atom stereocenters. The summed E-state index contributed by atoms with van der Waals surface area (Å²) in [6.45, 7) is 4.48. The zero-order chi connectivity index (χ0) is 18.1. The minimum absolute atomic E-state index is 0.105. The number of methoxy groups -OCH3 is 1. The van der Waals surface area contributed by atoms with Gasteiger partial charge >= 0.3 is 0 Å². The van der Waals surface area contributed by atoms with E-state index in [2.05, 4.69) is 36.5 Å². The zero-order valence-corrected chi connectivity index (χ0v) is 15.8. The van der Waals surface area contributed by atoms with Gasteiger partial charge in [-0.1, -0.05) is 29.8 Å². The number of thioether (sulfide) groups is 1. The monoisotopic (exact) mass is 359 g/mol. The van der Waals surface area contributed by atoms with Crippen LogP contribution >= 0.6 is 11.8 Å². The Morgan fingerprint density at radius 2 is 1.88 bits per heavy atom. The van der Waals surface area contributed by atoms with E-state index in [1.807, 2.05) is 23.9 Å². The minimum atomic E-state index is -0.532. The molecule has 0 bridgehead atoms. The first-order chi connectivity index (χ1) is 12.1. The maximum absolute atomic E-state index is 12.1. The van der Waals surface area contributed by atoms with Crippen LogP contribution < -0.4 is 14.8 Å². The number of nitrogens with one attached hydrogen (secondary N) is 1. The van der Waals surface area contributed by atoms with E-state index >= 15 is 0 Å². The van der Waals surface area contributed by atoms with Gasteiger partial charge in [0.05, 0.1) is 7.11 Å². The molecule has 0 spiro atoms. The molecule has 0 aliphatic heterocycles. The van der Waals surface area contributed by atoms with E-state index < -0.39 is 6.10 Å². The Morgan fingerprint density at radius 3 is 2.56 bits per heavy atom. The van der Waals surface area contributed by atoms with Crippen molar-refractivity contribution >= 4 is 17.7 Å². The normalized spacial score (nSPS) is 11.6. The van der Waals surface area contributed by atoms with E-state index in [4.69, 9.17) is 9.47 Å². The maximum atomic E-state index is 12.1. The van der Waals surface area contributed by atoms with Crippen LogP contribution in [0.15, 0.2) is 48.5 Å². The van der Waals surface area contributed by atoms with Gasteiger partial charge in [-0.3, -0.25) is 4.79 Å². The Morgan fingerprint density at radius 1 is 1.16 bits per heavy atom. The van der Waals surface area contributed by atoms with Gasteiger partial charge in [-0.15, -0.1) is 0 Å². The van der Waals surface area contributed by atoms with Crippen molar-refractivity contribution in [2.75, 3.05) is 19.4 Å². The molecule has 0 aliphatic carbocycles. The van der Waals surface area contributed by atoms with Crippen LogP contribution in [0.5, 0.6) is 11.5 Å². The van der Waals surface area contributed by atoms with Crippen LogP contribution in [0.25, 0.3) is 0 Å². The van der Waals surface area contributed by atoms with Crippen LogP contribution in [0, 0.1) is 6.92 Å². The first-order valence-electron chi connectivity index (χ1n) is 8.30. The predicted octanol–water partition coefficient (Wildman–Crippen LogP) is 3.82. The number of hydrogen-bond donors (Lipinski definition) is 1. The standard InChI is InChI=1S/C20H25NO3S/c1-15-5-4-6-17(13-15)14-25-12-11-21-20(22)16(2)24-19-9-7-18(23-3)8-10-19/h4-10,13,16H,11-12,14H2,1-3H3,(H,21,22)/t16-/m0/s1. The number of amides is 1. The lowest BCUT2D eigenvalue weighted by Gasteiger charge is -2.15. The molecule has 5 heteroatoms. The molecule has 134 valence electrons. The first kappa shape index (κ1) is 19.2. The maximum Gasteiger partial charge on any atom is 0.260 e. The minimum Gasteiger partial charge on any atom is -0.497 e. The van der Waals surface area contributed by atoms with Crippen molar-refractivity contribution in [3.8, 4) is 11.5 Å². The number of hydrogen-bond acceptors (Lipinski definition) is 4. The van der Waals surface area contributed by atoms with Crippen molar-refractivity contribution in [2.24, 2.45) is 0 Å².